The zero-order valence-corrected chi connectivity index (χ0v) is 10.0. The summed E-state index contributed by atoms with van der Waals surface area (Å²) < 4.78 is 0. The second-order valence-electron chi connectivity index (χ2n) is 5.40. The predicted molar refractivity (Wildman–Crippen MR) is 69.9 cm³/mol. The molecular formula is C14H20N2O. The quantitative estimate of drug-likeness (QED) is 0.650. The maximum absolute atomic E-state index is 10.3. The van der Waals surface area contributed by atoms with Gasteiger partial charge in [-0.2, -0.15) is 0 Å². The average molecular weight is 232 g/mol. The molecule has 1 heterocycles. The molecule has 0 amide bonds. The Kier molecular flexibility index (Phi) is 2.71. The van der Waals surface area contributed by atoms with E-state index in [4.69, 9.17) is 5.73 Å². The molecule has 0 bridgehead atoms. The number of nitrogen functional groups attached to an aromatic ring is 1. The van der Waals surface area contributed by atoms with Crippen molar-refractivity contribution in [1.82, 2.24) is 0 Å². The standard InChI is InChI=1S/C14H20N2O/c15-11-5-6-12-10(7-11)8-13(17)14(16-12)9-3-1-2-4-9/h5-7,9,13-14,16-17H,1-4,8,15H2. The van der Waals surface area contributed by atoms with Crippen molar-refractivity contribution in [2.75, 3.05) is 11.1 Å². The van der Waals surface area contributed by atoms with Crippen LogP contribution in [0.25, 0.3) is 0 Å². The number of hydrogen-bond acceptors (Lipinski definition) is 3. The van der Waals surface area contributed by atoms with E-state index in [0.717, 1.165) is 23.4 Å². The summed E-state index contributed by atoms with van der Waals surface area (Å²) >= 11 is 0. The molecule has 0 spiro atoms. The molecule has 1 aliphatic heterocycles. The average Bonchev–Trinajstić information content (AvgIpc) is 2.81. The van der Waals surface area contributed by atoms with Crippen molar-refractivity contribution >= 4 is 11.4 Å². The minimum Gasteiger partial charge on any atom is -0.399 e. The third-order valence-electron chi connectivity index (χ3n) is 4.20. The summed E-state index contributed by atoms with van der Waals surface area (Å²) in [5.74, 6) is 0.635. The zero-order valence-electron chi connectivity index (χ0n) is 10.0. The van der Waals surface area contributed by atoms with Gasteiger partial charge in [0.25, 0.3) is 0 Å². The van der Waals surface area contributed by atoms with E-state index in [-0.39, 0.29) is 12.1 Å². The van der Waals surface area contributed by atoms with Gasteiger partial charge >= 0.3 is 0 Å². The molecule has 4 N–H and O–H groups in total. The monoisotopic (exact) mass is 232 g/mol. The minimum absolute atomic E-state index is 0.230. The lowest BCUT2D eigenvalue weighted by atomic mass is 9.86. The van der Waals surface area contributed by atoms with Crippen LogP contribution in [0.4, 0.5) is 11.4 Å². The smallest absolute Gasteiger partial charge is 0.0784 e. The normalized spacial score (nSPS) is 28.8. The SMILES string of the molecule is Nc1ccc2c(c1)CC(O)C(C1CCCC1)N2. The van der Waals surface area contributed by atoms with Crippen LogP contribution in [-0.2, 0) is 6.42 Å². The fourth-order valence-corrected chi connectivity index (χ4v) is 3.30. The van der Waals surface area contributed by atoms with Gasteiger partial charge in [0.15, 0.2) is 0 Å². The summed E-state index contributed by atoms with van der Waals surface area (Å²) in [5.41, 5.74) is 8.85. The van der Waals surface area contributed by atoms with E-state index in [2.05, 4.69) is 5.32 Å². The van der Waals surface area contributed by atoms with Crippen LogP contribution in [0.1, 0.15) is 31.2 Å². The summed E-state index contributed by atoms with van der Waals surface area (Å²) in [4.78, 5) is 0. The van der Waals surface area contributed by atoms with E-state index < -0.39 is 0 Å². The molecule has 92 valence electrons. The molecule has 1 fully saturated rings. The Bertz CT molecular complexity index is 413. The summed E-state index contributed by atoms with van der Waals surface area (Å²) in [6.07, 6.45) is 5.58. The Morgan fingerprint density at radius 3 is 2.76 bits per heavy atom. The highest BCUT2D eigenvalue weighted by Gasteiger charge is 2.34. The van der Waals surface area contributed by atoms with Crippen molar-refractivity contribution in [3.63, 3.8) is 0 Å². The van der Waals surface area contributed by atoms with Gasteiger partial charge in [-0.15, -0.1) is 0 Å². The van der Waals surface area contributed by atoms with Gasteiger partial charge in [0, 0.05) is 17.8 Å². The molecule has 0 saturated heterocycles. The van der Waals surface area contributed by atoms with E-state index in [9.17, 15) is 5.11 Å². The first-order valence-corrected chi connectivity index (χ1v) is 6.57. The van der Waals surface area contributed by atoms with Crippen LogP contribution in [0.15, 0.2) is 18.2 Å². The molecule has 3 rings (SSSR count). The van der Waals surface area contributed by atoms with Crippen LogP contribution in [0.5, 0.6) is 0 Å². The summed E-state index contributed by atoms with van der Waals surface area (Å²) in [5, 5.41) is 13.8. The lowest BCUT2D eigenvalue weighted by Crippen LogP contribution is -2.43. The van der Waals surface area contributed by atoms with Crippen molar-refractivity contribution < 1.29 is 5.11 Å². The molecule has 2 aliphatic rings. The van der Waals surface area contributed by atoms with Crippen LogP contribution in [0.2, 0.25) is 0 Å². The van der Waals surface area contributed by atoms with Crippen molar-refractivity contribution in [2.24, 2.45) is 5.92 Å². The first kappa shape index (κ1) is 10.9. The number of rotatable bonds is 1. The Hall–Kier alpha value is -1.22. The molecule has 1 saturated carbocycles. The Morgan fingerprint density at radius 1 is 1.24 bits per heavy atom. The minimum atomic E-state index is -0.271. The highest BCUT2D eigenvalue weighted by atomic mass is 16.3. The first-order chi connectivity index (χ1) is 8.24. The van der Waals surface area contributed by atoms with Crippen molar-refractivity contribution in [3.8, 4) is 0 Å². The Labute approximate surface area is 102 Å². The van der Waals surface area contributed by atoms with Gasteiger partial charge in [0.1, 0.15) is 0 Å². The van der Waals surface area contributed by atoms with Gasteiger partial charge in [0.05, 0.1) is 12.1 Å². The predicted octanol–water partition coefficient (Wildman–Crippen LogP) is 2.16. The summed E-state index contributed by atoms with van der Waals surface area (Å²) in [6, 6.07) is 6.16. The molecule has 2 unspecified atom stereocenters. The second-order valence-corrected chi connectivity index (χ2v) is 5.40. The number of nitrogens with one attached hydrogen (secondary N) is 1. The maximum Gasteiger partial charge on any atom is 0.0784 e. The number of benzene rings is 1. The number of hydrogen-bond donors (Lipinski definition) is 3. The van der Waals surface area contributed by atoms with E-state index >= 15 is 0 Å². The van der Waals surface area contributed by atoms with Crippen LogP contribution in [0.3, 0.4) is 0 Å². The lowest BCUT2D eigenvalue weighted by Gasteiger charge is -2.35. The van der Waals surface area contributed by atoms with Crippen molar-refractivity contribution in [2.45, 2.75) is 44.2 Å². The number of nitrogens with two attached hydrogens (primary N) is 1. The van der Waals surface area contributed by atoms with Gasteiger partial charge in [-0.25, -0.2) is 0 Å². The van der Waals surface area contributed by atoms with Crippen molar-refractivity contribution in [1.29, 1.82) is 0 Å². The summed E-state index contributed by atoms with van der Waals surface area (Å²) in [6.45, 7) is 0. The Balaban J connectivity index is 1.84. The topological polar surface area (TPSA) is 58.3 Å². The molecule has 3 heteroatoms. The largest absolute Gasteiger partial charge is 0.399 e. The molecule has 2 atom stereocenters. The fourth-order valence-electron chi connectivity index (χ4n) is 3.30. The number of aliphatic hydroxyl groups is 1. The van der Waals surface area contributed by atoms with Gasteiger partial charge in [-0.1, -0.05) is 12.8 Å². The van der Waals surface area contributed by atoms with Crippen LogP contribution < -0.4 is 11.1 Å². The third-order valence-corrected chi connectivity index (χ3v) is 4.20. The van der Waals surface area contributed by atoms with E-state index in [0.29, 0.717) is 5.92 Å². The highest BCUT2D eigenvalue weighted by Crippen LogP contribution is 2.35. The van der Waals surface area contributed by atoms with Crippen LogP contribution in [-0.4, -0.2) is 17.3 Å². The van der Waals surface area contributed by atoms with E-state index in [1.165, 1.54) is 25.7 Å². The van der Waals surface area contributed by atoms with Gasteiger partial charge in [0.2, 0.25) is 0 Å². The number of anilines is 2. The van der Waals surface area contributed by atoms with Gasteiger partial charge in [-0.05, 0) is 42.5 Å². The molecule has 1 aromatic carbocycles. The fraction of sp³-hybridized carbons (Fsp3) is 0.571. The van der Waals surface area contributed by atoms with Crippen LogP contribution >= 0.6 is 0 Å². The number of aliphatic hydroxyl groups excluding tert-OH is 1. The summed E-state index contributed by atoms with van der Waals surface area (Å²) in [7, 11) is 0. The molecule has 1 aromatic rings. The van der Waals surface area contributed by atoms with Gasteiger partial charge < -0.3 is 16.2 Å². The maximum atomic E-state index is 10.3. The third kappa shape index (κ3) is 2.00. The van der Waals surface area contributed by atoms with Gasteiger partial charge in [-0.3, -0.25) is 0 Å². The zero-order chi connectivity index (χ0) is 11.8. The molecule has 0 aromatic heterocycles. The molecule has 0 radical (unpaired) electrons. The van der Waals surface area contributed by atoms with E-state index in [1.54, 1.807) is 0 Å². The molecule has 3 nitrogen and oxygen atoms in total. The Morgan fingerprint density at radius 2 is 2.00 bits per heavy atom. The first-order valence-electron chi connectivity index (χ1n) is 6.57. The number of fused-ring (bicyclic) bond motifs is 1. The van der Waals surface area contributed by atoms with Crippen molar-refractivity contribution in [3.05, 3.63) is 23.8 Å². The van der Waals surface area contributed by atoms with Crippen LogP contribution in [0, 0.1) is 5.92 Å². The molecule has 1 aliphatic carbocycles. The highest BCUT2D eigenvalue weighted by molar-refractivity contribution is 5.60. The van der Waals surface area contributed by atoms with E-state index in [1.807, 2.05) is 18.2 Å². The molecular weight excluding hydrogens is 212 g/mol. The second kappa shape index (κ2) is 4.22. The lowest BCUT2D eigenvalue weighted by molar-refractivity contribution is 0.123. The molecule has 17 heavy (non-hydrogen) atoms.